The minimum Gasteiger partial charge on any atom is -0.309 e. The standard InChI is InChI=1S/C18H20ClN5OS/c1-12-13(19)5-6-15-16(12)22-18(26-15)24(10-4-9-23(2)3)17(25)14-11-20-7-8-21-14/h5-8,11H,4,9-10H2,1-3H3. The third kappa shape index (κ3) is 4.00. The topological polar surface area (TPSA) is 62.2 Å². The Morgan fingerprint density at radius 2 is 2.04 bits per heavy atom. The van der Waals surface area contributed by atoms with E-state index in [4.69, 9.17) is 16.6 Å². The zero-order chi connectivity index (χ0) is 18.7. The number of anilines is 1. The van der Waals surface area contributed by atoms with Crippen LogP contribution in [0.1, 0.15) is 22.5 Å². The van der Waals surface area contributed by atoms with E-state index >= 15 is 0 Å². The molecule has 0 radical (unpaired) electrons. The first-order valence-corrected chi connectivity index (χ1v) is 9.45. The van der Waals surface area contributed by atoms with Crippen LogP contribution in [0.3, 0.4) is 0 Å². The van der Waals surface area contributed by atoms with Crippen LogP contribution in [-0.2, 0) is 0 Å². The molecule has 0 aliphatic rings. The molecule has 6 nitrogen and oxygen atoms in total. The predicted octanol–water partition coefficient (Wildman–Crippen LogP) is 3.65. The maximum atomic E-state index is 13.0. The average molecular weight is 390 g/mol. The van der Waals surface area contributed by atoms with Gasteiger partial charge in [-0.25, -0.2) is 9.97 Å². The van der Waals surface area contributed by atoms with Crippen LogP contribution in [0.5, 0.6) is 0 Å². The molecule has 2 heterocycles. The molecule has 26 heavy (non-hydrogen) atoms. The second-order valence-corrected chi connectivity index (χ2v) is 7.64. The van der Waals surface area contributed by atoms with Crippen LogP contribution in [0.15, 0.2) is 30.7 Å². The van der Waals surface area contributed by atoms with Gasteiger partial charge in [-0.15, -0.1) is 0 Å². The summed E-state index contributed by atoms with van der Waals surface area (Å²) in [5, 5.41) is 1.33. The molecule has 0 saturated heterocycles. The first kappa shape index (κ1) is 18.7. The number of hydrogen-bond donors (Lipinski definition) is 0. The lowest BCUT2D eigenvalue weighted by molar-refractivity contribution is 0.0981. The Hall–Kier alpha value is -2.09. The summed E-state index contributed by atoms with van der Waals surface area (Å²) >= 11 is 7.70. The molecule has 3 aromatic rings. The van der Waals surface area contributed by atoms with Gasteiger partial charge >= 0.3 is 0 Å². The summed E-state index contributed by atoms with van der Waals surface area (Å²) in [6.07, 6.45) is 5.38. The first-order valence-electron chi connectivity index (χ1n) is 8.25. The SMILES string of the molecule is Cc1c(Cl)ccc2sc(N(CCCN(C)C)C(=O)c3cnccn3)nc12. The van der Waals surface area contributed by atoms with Gasteiger partial charge in [-0.1, -0.05) is 22.9 Å². The van der Waals surface area contributed by atoms with Gasteiger partial charge in [-0.05, 0) is 51.7 Å². The van der Waals surface area contributed by atoms with Gasteiger partial charge in [-0.2, -0.15) is 0 Å². The molecule has 0 fully saturated rings. The quantitative estimate of drug-likeness (QED) is 0.644. The number of rotatable bonds is 6. The zero-order valence-electron chi connectivity index (χ0n) is 14.9. The summed E-state index contributed by atoms with van der Waals surface area (Å²) in [5.41, 5.74) is 2.07. The molecule has 1 amide bonds. The monoisotopic (exact) mass is 389 g/mol. The lowest BCUT2D eigenvalue weighted by Crippen LogP contribution is -2.34. The van der Waals surface area contributed by atoms with Crippen LogP contribution >= 0.6 is 22.9 Å². The second kappa shape index (κ2) is 8.07. The Balaban J connectivity index is 1.97. The summed E-state index contributed by atoms with van der Waals surface area (Å²) in [6.45, 7) is 3.37. The van der Waals surface area contributed by atoms with Crippen LogP contribution in [0.4, 0.5) is 5.13 Å². The normalized spacial score (nSPS) is 11.3. The summed E-state index contributed by atoms with van der Waals surface area (Å²) in [4.78, 5) is 29.6. The van der Waals surface area contributed by atoms with Crippen molar-refractivity contribution in [3.05, 3.63) is 47.0 Å². The number of benzene rings is 1. The van der Waals surface area contributed by atoms with Crippen molar-refractivity contribution in [1.29, 1.82) is 0 Å². The Kier molecular flexibility index (Phi) is 5.80. The molecule has 0 saturated carbocycles. The maximum Gasteiger partial charge on any atom is 0.280 e. The summed E-state index contributed by atoms with van der Waals surface area (Å²) in [5.74, 6) is -0.195. The Bertz CT molecular complexity index is 913. The number of halogens is 1. The third-order valence-electron chi connectivity index (χ3n) is 3.98. The van der Waals surface area contributed by atoms with E-state index in [0.29, 0.717) is 22.4 Å². The molecule has 0 unspecified atom stereocenters. The van der Waals surface area contributed by atoms with Crippen molar-refractivity contribution in [3.63, 3.8) is 0 Å². The van der Waals surface area contributed by atoms with Gasteiger partial charge in [-0.3, -0.25) is 14.7 Å². The Morgan fingerprint density at radius 1 is 1.23 bits per heavy atom. The van der Waals surface area contributed by atoms with E-state index in [1.54, 1.807) is 11.1 Å². The lowest BCUT2D eigenvalue weighted by Gasteiger charge is -2.20. The highest BCUT2D eigenvalue weighted by Gasteiger charge is 2.23. The number of carbonyl (C=O) groups excluding carboxylic acids is 1. The fourth-order valence-corrected chi connectivity index (χ4v) is 3.78. The van der Waals surface area contributed by atoms with E-state index in [1.165, 1.54) is 23.7 Å². The molecule has 1 aromatic carbocycles. The highest BCUT2D eigenvalue weighted by molar-refractivity contribution is 7.22. The second-order valence-electron chi connectivity index (χ2n) is 6.22. The van der Waals surface area contributed by atoms with Crippen LogP contribution in [0.25, 0.3) is 10.2 Å². The number of nitrogens with zero attached hydrogens (tertiary/aromatic N) is 5. The molecule has 0 bridgehead atoms. The minimum absolute atomic E-state index is 0.195. The predicted molar refractivity (Wildman–Crippen MR) is 106 cm³/mol. The van der Waals surface area contributed by atoms with E-state index in [0.717, 1.165) is 28.7 Å². The number of carbonyl (C=O) groups is 1. The van der Waals surface area contributed by atoms with E-state index in [2.05, 4.69) is 14.9 Å². The van der Waals surface area contributed by atoms with Gasteiger partial charge in [0.05, 0.1) is 16.4 Å². The third-order valence-corrected chi connectivity index (χ3v) is 5.44. The number of aromatic nitrogens is 3. The molecular formula is C18H20ClN5OS. The van der Waals surface area contributed by atoms with Crippen molar-refractivity contribution >= 4 is 44.2 Å². The van der Waals surface area contributed by atoms with Gasteiger partial charge in [0.25, 0.3) is 5.91 Å². The summed E-state index contributed by atoms with van der Waals surface area (Å²) in [6, 6.07) is 3.80. The van der Waals surface area contributed by atoms with Crippen molar-refractivity contribution in [3.8, 4) is 0 Å². The van der Waals surface area contributed by atoms with Gasteiger partial charge < -0.3 is 4.90 Å². The minimum atomic E-state index is -0.195. The largest absolute Gasteiger partial charge is 0.309 e. The lowest BCUT2D eigenvalue weighted by atomic mass is 10.2. The average Bonchev–Trinajstić information content (AvgIpc) is 3.06. The highest BCUT2D eigenvalue weighted by Crippen LogP contribution is 2.34. The van der Waals surface area contributed by atoms with Gasteiger partial charge in [0.15, 0.2) is 5.13 Å². The van der Waals surface area contributed by atoms with Crippen LogP contribution in [0.2, 0.25) is 5.02 Å². The fourth-order valence-electron chi connectivity index (χ4n) is 2.58. The fraction of sp³-hybridized carbons (Fsp3) is 0.333. The highest BCUT2D eigenvalue weighted by atomic mass is 35.5. The number of aryl methyl sites for hydroxylation is 1. The van der Waals surface area contributed by atoms with E-state index in [9.17, 15) is 4.79 Å². The summed E-state index contributed by atoms with van der Waals surface area (Å²) in [7, 11) is 4.02. The van der Waals surface area contributed by atoms with E-state index in [-0.39, 0.29) is 5.91 Å². The molecule has 0 N–H and O–H groups in total. The van der Waals surface area contributed by atoms with Crippen molar-refractivity contribution in [2.45, 2.75) is 13.3 Å². The zero-order valence-corrected chi connectivity index (χ0v) is 16.5. The molecule has 0 aliphatic carbocycles. The van der Waals surface area contributed by atoms with Crippen molar-refractivity contribution < 1.29 is 4.79 Å². The molecule has 136 valence electrons. The van der Waals surface area contributed by atoms with Gasteiger partial charge in [0.2, 0.25) is 0 Å². The molecule has 8 heteroatoms. The summed E-state index contributed by atoms with van der Waals surface area (Å²) < 4.78 is 1.01. The van der Waals surface area contributed by atoms with Crippen molar-refractivity contribution in [1.82, 2.24) is 19.9 Å². The number of fused-ring (bicyclic) bond motifs is 1. The molecular weight excluding hydrogens is 370 g/mol. The Labute approximate surface area is 161 Å². The number of amides is 1. The molecule has 2 aromatic heterocycles. The van der Waals surface area contributed by atoms with Crippen molar-refractivity contribution in [2.24, 2.45) is 0 Å². The van der Waals surface area contributed by atoms with Gasteiger partial charge in [0.1, 0.15) is 5.69 Å². The van der Waals surface area contributed by atoms with Crippen LogP contribution < -0.4 is 4.90 Å². The first-order chi connectivity index (χ1) is 12.5. The van der Waals surface area contributed by atoms with E-state index < -0.39 is 0 Å². The maximum absolute atomic E-state index is 13.0. The Morgan fingerprint density at radius 3 is 2.73 bits per heavy atom. The smallest absolute Gasteiger partial charge is 0.280 e. The van der Waals surface area contributed by atoms with Crippen molar-refractivity contribution in [2.75, 3.05) is 32.1 Å². The molecule has 0 atom stereocenters. The van der Waals surface area contributed by atoms with Gasteiger partial charge in [0, 0.05) is 24.0 Å². The van der Waals surface area contributed by atoms with Crippen LogP contribution in [-0.4, -0.2) is 52.9 Å². The molecule has 0 spiro atoms. The molecule has 0 aliphatic heterocycles. The molecule has 3 rings (SSSR count). The van der Waals surface area contributed by atoms with Crippen LogP contribution in [0, 0.1) is 6.92 Å². The number of thiazole rings is 1. The number of hydrogen-bond acceptors (Lipinski definition) is 6. The van der Waals surface area contributed by atoms with E-state index in [1.807, 2.05) is 33.2 Å².